The van der Waals surface area contributed by atoms with Crippen molar-refractivity contribution in [3.05, 3.63) is 59.2 Å². The number of ether oxygens (including phenoxy) is 1. The molecule has 0 amide bonds. The molecular formula is C18H16F3NO4. The van der Waals surface area contributed by atoms with Crippen molar-refractivity contribution in [2.75, 3.05) is 11.9 Å². The van der Waals surface area contributed by atoms with Crippen LogP contribution in [0.25, 0.3) is 0 Å². The maximum absolute atomic E-state index is 12.5. The highest BCUT2D eigenvalue weighted by Gasteiger charge is 2.29. The standard InChI is InChI=1S/C18H16F3NO4/c1-11(23)26-16-7-6-14(10-15(16)17(24)25)22-9-8-12-2-4-13(5-3-12)18(19,20)21/h2-7,10,22H,8-9H2,1H3,(H,24,25). The van der Waals surface area contributed by atoms with Gasteiger partial charge in [-0.25, -0.2) is 4.79 Å². The summed E-state index contributed by atoms with van der Waals surface area (Å²) >= 11 is 0. The highest BCUT2D eigenvalue weighted by atomic mass is 19.4. The Bertz CT molecular complexity index is 801. The van der Waals surface area contributed by atoms with Crippen LogP contribution < -0.4 is 10.1 Å². The van der Waals surface area contributed by atoms with E-state index in [1.165, 1.54) is 31.2 Å². The molecule has 0 heterocycles. The molecule has 0 radical (unpaired) electrons. The predicted molar refractivity (Wildman–Crippen MR) is 88.3 cm³/mol. The number of carbonyl (C=O) groups is 2. The largest absolute Gasteiger partial charge is 0.478 e. The van der Waals surface area contributed by atoms with Gasteiger partial charge in [-0.05, 0) is 42.3 Å². The van der Waals surface area contributed by atoms with E-state index in [1.54, 1.807) is 6.07 Å². The van der Waals surface area contributed by atoms with Crippen molar-refractivity contribution in [1.82, 2.24) is 0 Å². The van der Waals surface area contributed by atoms with E-state index in [4.69, 9.17) is 4.74 Å². The Labute approximate surface area is 147 Å². The molecule has 8 heteroatoms. The summed E-state index contributed by atoms with van der Waals surface area (Å²) in [5, 5.41) is 12.2. The van der Waals surface area contributed by atoms with Crippen LogP contribution in [-0.4, -0.2) is 23.6 Å². The second-order valence-corrected chi connectivity index (χ2v) is 5.48. The van der Waals surface area contributed by atoms with Crippen molar-refractivity contribution in [3.8, 4) is 5.75 Å². The van der Waals surface area contributed by atoms with Crippen molar-refractivity contribution in [2.24, 2.45) is 0 Å². The van der Waals surface area contributed by atoms with Crippen LogP contribution in [0.15, 0.2) is 42.5 Å². The third-order valence-electron chi connectivity index (χ3n) is 3.49. The predicted octanol–water partition coefficient (Wildman–Crippen LogP) is 3.98. The fraction of sp³-hybridized carbons (Fsp3) is 0.222. The number of hydrogen-bond donors (Lipinski definition) is 2. The van der Waals surface area contributed by atoms with Gasteiger partial charge in [0.2, 0.25) is 0 Å². The Morgan fingerprint density at radius 1 is 1.12 bits per heavy atom. The highest BCUT2D eigenvalue weighted by molar-refractivity contribution is 5.93. The van der Waals surface area contributed by atoms with Crippen molar-refractivity contribution >= 4 is 17.6 Å². The first-order valence-corrected chi connectivity index (χ1v) is 7.62. The number of halogens is 3. The molecule has 0 aromatic heterocycles. The number of alkyl halides is 3. The number of benzene rings is 2. The van der Waals surface area contributed by atoms with Crippen molar-refractivity contribution < 1.29 is 32.6 Å². The van der Waals surface area contributed by atoms with Crippen LogP contribution in [0, 0.1) is 0 Å². The van der Waals surface area contributed by atoms with Gasteiger partial charge in [-0.15, -0.1) is 0 Å². The lowest BCUT2D eigenvalue weighted by Gasteiger charge is -2.11. The first-order valence-electron chi connectivity index (χ1n) is 7.62. The Balaban J connectivity index is 2.00. The maximum atomic E-state index is 12.5. The number of nitrogens with one attached hydrogen (secondary N) is 1. The van der Waals surface area contributed by atoms with Gasteiger partial charge < -0.3 is 15.2 Å². The SMILES string of the molecule is CC(=O)Oc1ccc(NCCc2ccc(C(F)(F)F)cc2)cc1C(=O)O. The summed E-state index contributed by atoms with van der Waals surface area (Å²) in [4.78, 5) is 22.2. The van der Waals surface area contributed by atoms with Crippen LogP contribution in [0.5, 0.6) is 5.75 Å². The summed E-state index contributed by atoms with van der Waals surface area (Å²) in [6.07, 6.45) is -3.92. The van der Waals surface area contributed by atoms with Crippen molar-refractivity contribution in [3.63, 3.8) is 0 Å². The Kier molecular flexibility index (Phi) is 5.86. The average Bonchev–Trinajstić information content (AvgIpc) is 2.55. The van der Waals surface area contributed by atoms with E-state index in [9.17, 15) is 27.9 Å². The number of aromatic carboxylic acids is 1. The lowest BCUT2D eigenvalue weighted by atomic mass is 10.1. The van der Waals surface area contributed by atoms with Crippen LogP contribution in [0.2, 0.25) is 0 Å². The van der Waals surface area contributed by atoms with E-state index in [0.29, 0.717) is 24.2 Å². The molecule has 0 aliphatic carbocycles. The molecule has 5 nitrogen and oxygen atoms in total. The monoisotopic (exact) mass is 367 g/mol. The quantitative estimate of drug-likeness (QED) is 0.597. The summed E-state index contributed by atoms with van der Waals surface area (Å²) in [5.74, 6) is -1.93. The molecule has 0 saturated carbocycles. The number of hydrogen-bond acceptors (Lipinski definition) is 4. The fourth-order valence-electron chi connectivity index (χ4n) is 2.26. The smallest absolute Gasteiger partial charge is 0.416 e. The van der Waals surface area contributed by atoms with Gasteiger partial charge in [-0.2, -0.15) is 13.2 Å². The molecule has 0 bridgehead atoms. The van der Waals surface area contributed by atoms with Gasteiger partial charge >= 0.3 is 18.1 Å². The highest BCUT2D eigenvalue weighted by Crippen LogP contribution is 2.29. The second kappa shape index (κ2) is 7.90. The van der Waals surface area contributed by atoms with E-state index in [1.807, 2.05) is 0 Å². The number of carboxylic acids is 1. The lowest BCUT2D eigenvalue weighted by Crippen LogP contribution is -2.10. The number of esters is 1. The molecule has 0 aliphatic rings. The Hall–Kier alpha value is -3.03. The number of carbonyl (C=O) groups excluding carboxylic acids is 1. The normalized spacial score (nSPS) is 11.1. The molecule has 0 saturated heterocycles. The van der Waals surface area contributed by atoms with Gasteiger partial charge in [0.1, 0.15) is 11.3 Å². The minimum atomic E-state index is -4.37. The minimum Gasteiger partial charge on any atom is -0.478 e. The number of rotatable bonds is 6. The molecule has 2 aromatic carbocycles. The van der Waals surface area contributed by atoms with E-state index < -0.39 is 23.7 Å². The molecule has 2 rings (SSSR count). The minimum absolute atomic E-state index is 0.0571. The van der Waals surface area contributed by atoms with Crippen LogP contribution in [-0.2, 0) is 17.4 Å². The summed E-state index contributed by atoms with van der Waals surface area (Å²) < 4.78 is 42.4. The zero-order chi connectivity index (χ0) is 19.3. The molecule has 138 valence electrons. The number of carboxylic acid groups (broad SMARTS) is 1. The number of anilines is 1. The lowest BCUT2D eigenvalue weighted by molar-refractivity contribution is -0.137. The van der Waals surface area contributed by atoms with Gasteiger partial charge in [0.05, 0.1) is 5.56 Å². The van der Waals surface area contributed by atoms with Gasteiger partial charge in [0.15, 0.2) is 0 Å². The molecule has 0 fully saturated rings. The van der Waals surface area contributed by atoms with Crippen molar-refractivity contribution in [2.45, 2.75) is 19.5 Å². The second-order valence-electron chi connectivity index (χ2n) is 5.48. The Morgan fingerprint density at radius 3 is 2.31 bits per heavy atom. The summed E-state index contributed by atoms with van der Waals surface area (Å²) in [7, 11) is 0. The maximum Gasteiger partial charge on any atom is 0.416 e. The van der Waals surface area contributed by atoms with E-state index >= 15 is 0 Å². The van der Waals surface area contributed by atoms with Gasteiger partial charge in [0, 0.05) is 19.2 Å². The third-order valence-corrected chi connectivity index (χ3v) is 3.49. The van der Waals surface area contributed by atoms with Crippen LogP contribution >= 0.6 is 0 Å². The van der Waals surface area contributed by atoms with Gasteiger partial charge in [-0.3, -0.25) is 4.79 Å². The molecule has 0 unspecified atom stereocenters. The Morgan fingerprint density at radius 2 is 1.77 bits per heavy atom. The molecule has 0 aliphatic heterocycles. The molecule has 26 heavy (non-hydrogen) atoms. The van der Waals surface area contributed by atoms with Gasteiger partial charge in [0.25, 0.3) is 0 Å². The van der Waals surface area contributed by atoms with E-state index in [2.05, 4.69) is 5.32 Å². The zero-order valence-corrected chi connectivity index (χ0v) is 13.8. The third kappa shape index (κ3) is 5.23. The molecule has 2 N–H and O–H groups in total. The summed E-state index contributed by atoms with van der Waals surface area (Å²) in [6.45, 7) is 1.55. The van der Waals surface area contributed by atoms with Crippen molar-refractivity contribution in [1.29, 1.82) is 0 Å². The van der Waals surface area contributed by atoms with Crippen LogP contribution in [0.3, 0.4) is 0 Å². The fourth-order valence-corrected chi connectivity index (χ4v) is 2.26. The summed E-state index contributed by atoms with van der Waals surface area (Å²) in [6, 6.07) is 9.08. The zero-order valence-electron chi connectivity index (χ0n) is 13.8. The van der Waals surface area contributed by atoms with Gasteiger partial charge in [-0.1, -0.05) is 12.1 Å². The summed E-state index contributed by atoms with van der Waals surface area (Å²) in [5.41, 5.74) is 0.326. The molecule has 2 aromatic rings. The first-order chi connectivity index (χ1) is 12.2. The van der Waals surface area contributed by atoms with Crippen LogP contribution in [0.1, 0.15) is 28.4 Å². The molecular weight excluding hydrogens is 351 g/mol. The van der Waals surface area contributed by atoms with E-state index in [-0.39, 0.29) is 11.3 Å². The topological polar surface area (TPSA) is 75.6 Å². The molecule has 0 spiro atoms. The first kappa shape index (κ1) is 19.3. The van der Waals surface area contributed by atoms with E-state index in [0.717, 1.165) is 12.1 Å². The van der Waals surface area contributed by atoms with Crippen LogP contribution in [0.4, 0.5) is 18.9 Å². The average molecular weight is 367 g/mol. The molecule has 0 atom stereocenters.